The van der Waals surface area contributed by atoms with Crippen LogP contribution >= 0.6 is 11.8 Å². The number of carbonyl (C=O) groups is 1. The van der Waals surface area contributed by atoms with Crippen LogP contribution in [0.5, 0.6) is 0 Å². The molecule has 1 fully saturated rings. The molecule has 0 unspecified atom stereocenters. The Kier molecular flexibility index (Phi) is 6.26. The molecule has 0 spiro atoms. The molecule has 146 valence electrons. The fourth-order valence-corrected chi connectivity index (χ4v) is 6.10. The lowest BCUT2D eigenvalue weighted by molar-refractivity contribution is -0.113. The van der Waals surface area contributed by atoms with Crippen LogP contribution in [0, 0.1) is 13.8 Å². The van der Waals surface area contributed by atoms with Crippen molar-refractivity contribution in [2.24, 2.45) is 0 Å². The van der Waals surface area contributed by atoms with Gasteiger partial charge in [0.05, 0.1) is 21.6 Å². The molecule has 1 aromatic carbocycles. The molecule has 6 nitrogen and oxygen atoms in total. The maximum atomic E-state index is 12.6. The Balaban J connectivity index is 1.52. The van der Waals surface area contributed by atoms with Crippen molar-refractivity contribution in [3.63, 3.8) is 0 Å². The number of carbonyl (C=O) groups excluding carboxylic acids is 1. The lowest BCUT2D eigenvalue weighted by atomic mass is 10.2. The quantitative estimate of drug-likeness (QED) is 0.748. The Hall–Kier alpha value is -1.80. The van der Waals surface area contributed by atoms with Gasteiger partial charge >= 0.3 is 0 Å². The smallest absolute Gasteiger partial charge is 0.234 e. The van der Waals surface area contributed by atoms with Crippen molar-refractivity contribution in [1.29, 1.82) is 0 Å². The fourth-order valence-electron chi connectivity index (χ4n) is 3.27. The number of aromatic nitrogens is 1. The van der Waals surface area contributed by atoms with E-state index >= 15 is 0 Å². The molecule has 3 rings (SSSR count). The molecule has 2 aromatic rings. The Bertz CT molecular complexity index is 879. The van der Waals surface area contributed by atoms with Gasteiger partial charge in [0.1, 0.15) is 5.76 Å². The highest BCUT2D eigenvalue weighted by atomic mass is 32.2. The van der Waals surface area contributed by atoms with Crippen molar-refractivity contribution >= 4 is 33.2 Å². The molecule has 1 aliphatic carbocycles. The SMILES string of the molecule is Cc1noc(C)c1CSCC(=O)Nc1ccc(S(=O)(=O)C2CCCC2)cc1. The van der Waals surface area contributed by atoms with E-state index in [4.69, 9.17) is 4.52 Å². The molecule has 1 aromatic heterocycles. The third kappa shape index (κ3) is 4.73. The summed E-state index contributed by atoms with van der Waals surface area (Å²) in [5, 5.41) is 6.44. The maximum absolute atomic E-state index is 12.6. The molecule has 8 heteroatoms. The highest BCUT2D eigenvalue weighted by Crippen LogP contribution is 2.30. The van der Waals surface area contributed by atoms with Gasteiger partial charge in [-0.2, -0.15) is 0 Å². The number of benzene rings is 1. The van der Waals surface area contributed by atoms with Crippen molar-refractivity contribution in [3.8, 4) is 0 Å². The second kappa shape index (κ2) is 8.48. The molecule has 1 aliphatic rings. The van der Waals surface area contributed by atoms with Crippen molar-refractivity contribution < 1.29 is 17.7 Å². The fraction of sp³-hybridized carbons (Fsp3) is 0.474. The summed E-state index contributed by atoms with van der Waals surface area (Å²) in [5.41, 5.74) is 2.47. The molecule has 1 amide bonds. The van der Waals surface area contributed by atoms with Crippen LogP contribution in [-0.2, 0) is 20.4 Å². The Morgan fingerprint density at radius 2 is 1.89 bits per heavy atom. The van der Waals surface area contributed by atoms with Gasteiger partial charge in [-0.25, -0.2) is 8.42 Å². The number of hydrogen-bond acceptors (Lipinski definition) is 6. The van der Waals surface area contributed by atoms with Crippen molar-refractivity contribution in [2.45, 2.75) is 55.4 Å². The molecule has 0 radical (unpaired) electrons. The van der Waals surface area contributed by atoms with Crippen LogP contribution in [0.15, 0.2) is 33.7 Å². The summed E-state index contributed by atoms with van der Waals surface area (Å²) < 4.78 is 30.3. The van der Waals surface area contributed by atoms with E-state index < -0.39 is 9.84 Å². The highest BCUT2D eigenvalue weighted by molar-refractivity contribution is 7.99. The normalized spacial score (nSPS) is 15.2. The van der Waals surface area contributed by atoms with E-state index in [1.54, 1.807) is 24.3 Å². The average molecular weight is 409 g/mol. The van der Waals surface area contributed by atoms with Crippen LogP contribution in [-0.4, -0.2) is 30.5 Å². The second-order valence-corrected chi connectivity index (χ2v) is 10.0. The number of hydrogen-bond donors (Lipinski definition) is 1. The number of nitrogens with one attached hydrogen (secondary N) is 1. The predicted octanol–water partition coefficient (Wildman–Crippen LogP) is 3.88. The monoisotopic (exact) mass is 408 g/mol. The van der Waals surface area contributed by atoms with E-state index in [-0.39, 0.29) is 11.2 Å². The van der Waals surface area contributed by atoms with Gasteiger partial charge in [0.25, 0.3) is 0 Å². The minimum Gasteiger partial charge on any atom is -0.361 e. The lowest BCUT2D eigenvalue weighted by Gasteiger charge is -2.12. The second-order valence-electron chi connectivity index (χ2n) is 6.82. The van der Waals surface area contributed by atoms with E-state index in [1.807, 2.05) is 13.8 Å². The summed E-state index contributed by atoms with van der Waals surface area (Å²) in [6.45, 7) is 3.74. The molecule has 0 atom stereocenters. The van der Waals surface area contributed by atoms with Gasteiger partial charge in [-0.3, -0.25) is 4.79 Å². The van der Waals surface area contributed by atoms with Crippen LogP contribution in [0.2, 0.25) is 0 Å². The molecule has 0 aliphatic heterocycles. The first-order valence-corrected chi connectivity index (χ1v) is 11.7. The zero-order valence-corrected chi connectivity index (χ0v) is 17.2. The first kappa shape index (κ1) is 19.9. The number of thioether (sulfide) groups is 1. The molecule has 1 N–H and O–H groups in total. The van der Waals surface area contributed by atoms with E-state index in [0.29, 0.717) is 22.1 Å². The number of sulfone groups is 1. The number of rotatable bonds is 7. The summed E-state index contributed by atoms with van der Waals surface area (Å²) >= 11 is 1.48. The molecule has 0 saturated heterocycles. The molecule has 1 heterocycles. The van der Waals surface area contributed by atoms with Crippen molar-refractivity contribution in [2.75, 3.05) is 11.1 Å². The minimum atomic E-state index is -3.26. The van der Waals surface area contributed by atoms with Gasteiger partial charge in [0.2, 0.25) is 5.91 Å². The van der Waals surface area contributed by atoms with Crippen LogP contribution in [0.25, 0.3) is 0 Å². The van der Waals surface area contributed by atoms with Crippen LogP contribution in [0.1, 0.15) is 42.7 Å². The van der Waals surface area contributed by atoms with Crippen LogP contribution < -0.4 is 5.32 Å². The third-order valence-corrected chi connectivity index (χ3v) is 8.11. The lowest BCUT2D eigenvalue weighted by Crippen LogP contribution is -2.18. The first-order chi connectivity index (χ1) is 12.9. The number of amides is 1. The Labute approximate surface area is 164 Å². The molecular weight excluding hydrogens is 384 g/mol. The van der Waals surface area contributed by atoms with Gasteiger partial charge < -0.3 is 9.84 Å². The first-order valence-electron chi connectivity index (χ1n) is 9.01. The van der Waals surface area contributed by atoms with Crippen LogP contribution in [0.3, 0.4) is 0 Å². The standard InChI is InChI=1S/C19H24N2O4S2/c1-13-18(14(2)25-21-13)11-26-12-19(22)20-15-7-9-17(10-8-15)27(23,24)16-5-3-4-6-16/h7-10,16H,3-6,11-12H2,1-2H3,(H,20,22). The van der Waals surface area contributed by atoms with Crippen molar-refractivity contribution in [1.82, 2.24) is 5.16 Å². The zero-order valence-electron chi connectivity index (χ0n) is 15.5. The van der Waals surface area contributed by atoms with E-state index in [1.165, 1.54) is 11.8 Å². The minimum absolute atomic E-state index is 0.127. The van der Waals surface area contributed by atoms with Gasteiger partial charge in [-0.05, 0) is 51.0 Å². The van der Waals surface area contributed by atoms with E-state index in [2.05, 4.69) is 10.5 Å². The number of anilines is 1. The molecule has 0 bridgehead atoms. The summed E-state index contributed by atoms with van der Waals surface area (Å²) in [6.07, 6.45) is 3.43. The third-order valence-electron chi connectivity index (χ3n) is 4.87. The maximum Gasteiger partial charge on any atom is 0.234 e. The molecule has 1 saturated carbocycles. The highest BCUT2D eigenvalue weighted by Gasteiger charge is 2.30. The largest absolute Gasteiger partial charge is 0.361 e. The van der Waals surface area contributed by atoms with E-state index in [9.17, 15) is 13.2 Å². The Morgan fingerprint density at radius 1 is 1.22 bits per heavy atom. The zero-order chi connectivity index (χ0) is 19.4. The Morgan fingerprint density at radius 3 is 2.48 bits per heavy atom. The van der Waals surface area contributed by atoms with Gasteiger partial charge in [0.15, 0.2) is 9.84 Å². The summed E-state index contributed by atoms with van der Waals surface area (Å²) in [6, 6.07) is 6.47. The van der Waals surface area contributed by atoms with Crippen molar-refractivity contribution in [3.05, 3.63) is 41.3 Å². The van der Waals surface area contributed by atoms with Gasteiger partial charge in [-0.1, -0.05) is 18.0 Å². The summed E-state index contributed by atoms with van der Waals surface area (Å²) in [4.78, 5) is 12.4. The van der Waals surface area contributed by atoms with Gasteiger partial charge in [-0.15, -0.1) is 11.8 Å². The van der Waals surface area contributed by atoms with E-state index in [0.717, 1.165) is 42.7 Å². The molecule has 27 heavy (non-hydrogen) atoms. The predicted molar refractivity (Wildman–Crippen MR) is 107 cm³/mol. The number of aryl methyl sites for hydroxylation is 2. The number of nitrogens with zero attached hydrogens (tertiary/aromatic N) is 1. The molecular formula is C19H24N2O4S2. The summed E-state index contributed by atoms with van der Waals surface area (Å²) in [7, 11) is -3.26. The average Bonchev–Trinajstić information content (AvgIpc) is 3.28. The summed E-state index contributed by atoms with van der Waals surface area (Å²) in [5.74, 6) is 1.61. The van der Waals surface area contributed by atoms with Gasteiger partial charge in [0, 0.05) is 17.0 Å². The topological polar surface area (TPSA) is 89.3 Å². The van der Waals surface area contributed by atoms with Crippen LogP contribution in [0.4, 0.5) is 5.69 Å².